The monoisotopic (exact) mass is 694 g/mol. The van der Waals surface area contributed by atoms with Gasteiger partial charge in [0, 0.05) is 40.9 Å². The highest BCUT2D eigenvalue weighted by molar-refractivity contribution is 5.91. The van der Waals surface area contributed by atoms with Crippen molar-refractivity contribution in [1.82, 2.24) is 28.7 Å². The Morgan fingerprint density at radius 1 is 0.500 bits per heavy atom. The zero-order chi connectivity index (χ0) is 36.0. The number of fused-ring (bicyclic) bond motifs is 3. The predicted octanol–water partition coefficient (Wildman–Crippen LogP) is 11.2. The van der Waals surface area contributed by atoms with Crippen LogP contribution in [0.4, 0.5) is 0 Å². The summed E-state index contributed by atoms with van der Waals surface area (Å²) in [6.07, 6.45) is 7.74. The van der Waals surface area contributed by atoms with Crippen LogP contribution >= 0.6 is 0 Å². The summed E-state index contributed by atoms with van der Waals surface area (Å²) in [5, 5.41) is 0. The molecule has 54 heavy (non-hydrogen) atoms. The first-order valence-corrected chi connectivity index (χ1v) is 18.2. The lowest BCUT2D eigenvalue weighted by Gasteiger charge is -2.16. The van der Waals surface area contributed by atoms with E-state index in [1.54, 1.807) is 0 Å². The highest BCUT2D eigenvalue weighted by Gasteiger charge is 2.23. The Bertz CT molecular complexity index is 3010. The third-order valence-electron chi connectivity index (χ3n) is 10.1. The highest BCUT2D eigenvalue weighted by atomic mass is 15.1. The summed E-state index contributed by atoms with van der Waals surface area (Å²) in [6.45, 7) is 2.15. The molecule has 0 unspecified atom stereocenters. The molecular weight excluding hydrogens is 661 g/mol. The number of allylic oxidation sites excluding steroid dienone is 4. The lowest BCUT2D eigenvalue weighted by atomic mass is 10.0. The van der Waals surface area contributed by atoms with E-state index in [4.69, 9.17) is 15.0 Å². The second-order valence-electron chi connectivity index (χ2n) is 13.5. The summed E-state index contributed by atoms with van der Waals surface area (Å²) in [4.78, 5) is 16.0. The summed E-state index contributed by atoms with van der Waals surface area (Å²) >= 11 is 0. The topological polar surface area (TPSA) is 53.5 Å². The maximum atomic E-state index is 5.34. The van der Waals surface area contributed by atoms with Gasteiger partial charge in [-0.3, -0.25) is 13.7 Å². The number of aromatic nitrogens is 6. The van der Waals surface area contributed by atoms with E-state index < -0.39 is 0 Å². The van der Waals surface area contributed by atoms with Gasteiger partial charge in [0.25, 0.3) is 0 Å². The maximum absolute atomic E-state index is 5.34. The van der Waals surface area contributed by atoms with Crippen molar-refractivity contribution < 1.29 is 0 Å². The minimum atomic E-state index is 0.608. The molecule has 0 spiro atoms. The summed E-state index contributed by atoms with van der Waals surface area (Å²) in [6, 6.07) is 50.7. The van der Waals surface area contributed by atoms with Crippen molar-refractivity contribution in [3.05, 3.63) is 169 Å². The minimum absolute atomic E-state index is 0.608. The molecule has 3 aromatic heterocycles. The molecular formula is C48H34N6. The molecule has 0 fully saturated rings. The molecule has 6 nitrogen and oxygen atoms in total. The summed E-state index contributed by atoms with van der Waals surface area (Å²) in [7, 11) is 0. The summed E-state index contributed by atoms with van der Waals surface area (Å²) < 4.78 is 6.81. The van der Waals surface area contributed by atoms with E-state index in [1.165, 1.54) is 0 Å². The first-order valence-electron chi connectivity index (χ1n) is 18.2. The van der Waals surface area contributed by atoms with Gasteiger partial charge in [0.2, 0.25) is 0 Å². The van der Waals surface area contributed by atoms with Gasteiger partial charge in [-0.2, -0.15) is 0 Å². The van der Waals surface area contributed by atoms with E-state index in [9.17, 15) is 0 Å². The van der Waals surface area contributed by atoms with Crippen molar-refractivity contribution in [3.8, 4) is 57.4 Å². The number of imidazole rings is 3. The van der Waals surface area contributed by atoms with Crippen LogP contribution in [-0.4, -0.2) is 28.7 Å². The molecule has 10 rings (SSSR count). The van der Waals surface area contributed by atoms with Crippen molar-refractivity contribution in [2.45, 2.75) is 19.8 Å². The van der Waals surface area contributed by atoms with Crippen LogP contribution in [0, 0.1) is 18.8 Å². The van der Waals surface area contributed by atoms with Gasteiger partial charge in [0.15, 0.2) is 0 Å². The van der Waals surface area contributed by atoms with Gasteiger partial charge in [0.05, 0.1) is 38.8 Å². The first-order chi connectivity index (χ1) is 26.7. The van der Waals surface area contributed by atoms with Crippen LogP contribution in [0.25, 0.3) is 84.3 Å². The van der Waals surface area contributed by atoms with Gasteiger partial charge >= 0.3 is 0 Å². The zero-order valence-electron chi connectivity index (χ0n) is 29.7. The molecule has 0 saturated carbocycles. The van der Waals surface area contributed by atoms with Crippen LogP contribution in [0.5, 0.6) is 0 Å². The van der Waals surface area contributed by atoms with Crippen molar-refractivity contribution in [3.63, 3.8) is 0 Å². The third-order valence-corrected chi connectivity index (χ3v) is 10.1. The van der Waals surface area contributed by atoms with Crippen LogP contribution in [-0.2, 0) is 0 Å². The molecule has 0 amide bonds. The first kappa shape index (κ1) is 31.5. The molecule has 0 bridgehead atoms. The maximum Gasteiger partial charge on any atom is 0.145 e. The Hall–Kier alpha value is -7.23. The number of benzene rings is 6. The summed E-state index contributed by atoms with van der Waals surface area (Å²) in [5.41, 5.74) is 13.1. The number of para-hydroxylation sites is 8. The van der Waals surface area contributed by atoms with E-state index in [0.717, 1.165) is 96.3 Å². The van der Waals surface area contributed by atoms with Crippen molar-refractivity contribution in [2.24, 2.45) is 0 Å². The van der Waals surface area contributed by atoms with Gasteiger partial charge in [0.1, 0.15) is 17.5 Å². The molecule has 0 saturated heterocycles. The average molecular weight is 695 g/mol. The van der Waals surface area contributed by atoms with E-state index in [2.05, 4.69) is 172 Å². The Morgan fingerprint density at radius 2 is 1.00 bits per heavy atom. The molecule has 9 aromatic rings. The van der Waals surface area contributed by atoms with Crippen LogP contribution in [0.3, 0.4) is 0 Å². The number of aryl methyl sites for hydroxylation is 1. The molecule has 3 heterocycles. The standard InChI is InChI=1S/C48H34N6/c1-33-18-10-14-26-42(33)54-45-29-17-13-25-41(45)51-48(54)36-31-34(46-49-39-23-11-15-27-43(39)52(46)37-19-6-3-2-4-7-20-37)30-35(32-36)47-50-40-24-12-16-28-44(40)53(47)38-21-8-5-9-22-38/h3,5-6,8-19,21-32H,2,20H2,1H3/b6-3-,37-19+. The van der Waals surface area contributed by atoms with Crippen molar-refractivity contribution in [1.29, 1.82) is 0 Å². The zero-order valence-corrected chi connectivity index (χ0v) is 29.7. The van der Waals surface area contributed by atoms with E-state index in [0.29, 0.717) is 6.42 Å². The Kier molecular flexibility index (Phi) is 7.63. The predicted molar refractivity (Wildman–Crippen MR) is 220 cm³/mol. The molecule has 0 aliphatic heterocycles. The molecule has 1 aliphatic carbocycles. The van der Waals surface area contributed by atoms with E-state index in [1.807, 2.05) is 24.3 Å². The minimum Gasteiger partial charge on any atom is -0.295 e. The van der Waals surface area contributed by atoms with E-state index >= 15 is 0 Å². The molecule has 0 atom stereocenters. The van der Waals surface area contributed by atoms with E-state index in [-0.39, 0.29) is 0 Å². The number of rotatable bonds is 6. The highest BCUT2D eigenvalue weighted by Crippen LogP contribution is 2.39. The van der Waals surface area contributed by atoms with Gasteiger partial charge in [-0.1, -0.05) is 96.8 Å². The second kappa shape index (κ2) is 13.1. The molecule has 1 aliphatic rings. The summed E-state index contributed by atoms with van der Waals surface area (Å²) in [5.74, 6) is 9.19. The third kappa shape index (κ3) is 5.34. The smallest absolute Gasteiger partial charge is 0.145 e. The lowest BCUT2D eigenvalue weighted by Crippen LogP contribution is -2.03. The normalized spacial score (nSPS) is 14.4. The Morgan fingerprint density at radius 3 is 1.63 bits per heavy atom. The number of nitrogens with zero attached hydrogens (tertiary/aromatic N) is 6. The fourth-order valence-electron chi connectivity index (χ4n) is 7.60. The van der Waals surface area contributed by atoms with Crippen LogP contribution in [0.15, 0.2) is 164 Å². The van der Waals surface area contributed by atoms with Crippen molar-refractivity contribution in [2.75, 3.05) is 0 Å². The fourth-order valence-corrected chi connectivity index (χ4v) is 7.60. The average Bonchev–Trinajstić information content (AvgIpc) is 3.91. The van der Waals surface area contributed by atoms with Gasteiger partial charge in [-0.25, -0.2) is 15.0 Å². The molecule has 6 aromatic carbocycles. The molecule has 0 N–H and O–H groups in total. The SMILES string of the molecule is Cc1ccccc1-n1c(-c2cc(-c3nc4ccccc4n3/C3=C/C=C\CC#CC3)cc(-c3nc4ccccc4n3-c3ccccc3)c2)nc2ccccc21. The van der Waals surface area contributed by atoms with Crippen LogP contribution in [0.2, 0.25) is 0 Å². The quantitative estimate of drug-likeness (QED) is 0.163. The molecule has 0 radical (unpaired) electrons. The molecule has 6 heteroatoms. The van der Waals surface area contributed by atoms with Gasteiger partial charge < -0.3 is 0 Å². The van der Waals surface area contributed by atoms with Gasteiger partial charge in [-0.15, -0.1) is 0 Å². The Labute approximate surface area is 313 Å². The fraction of sp³-hybridized carbons (Fsp3) is 0.0625. The molecule has 256 valence electrons. The second-order valence-corrected chi connectivity index (χ2v) is 13.5. The lowest BCUT2D eigenvalue weighted by molar-refractivity contribution is 1.07. The number of hydrogen-bond donors (Lipinski definition) is 0. The van der Waals surface area contributed by atoms with Crippen molar-refractivity contribution >= 4 is 38.8 Å². The largest absolute Gasteiger partial charge is 0.295 e. The van der Waals surface area contributed by atoms with Gasteiger partial charge in [-0.05, 0) is 91.4 Å². The number of hydrogen-bond acceptors (Lipinski definition) is 3. The van der Waals surface area contributed by atoms with Crippen LogP contribution < -0.4 is 0 Å². The Balaban J connectivity index is 1.31. The van der Waals surface area contributed by atoms with Crippen LogP contribution in [0.1, 0.15) is 18.4 Å².